The highest BCUT2D eigenvalue weighted by molar-refractivity contribution is 5.95. The first-order valence-electron chi connectivity index (χ1n) is 8.42. The van der Waals surface area contributed by atoms with Crippen molar-refractivity contribution >= 4 is 12.1 Å². The zero-order valence-corrected chi connectivity index (χ0v) is 15.3. The fraction of sp³-hybridized carbons (Fsp3) is 0.0952. The van der Waals surface area contributed by atoms with Gasteiger partial charge < -0.3 is 9.67 Å². The number of benzene rings is 2. The van der Waals surface area contributed by atoms with Crippen LogP contribution < -0.4 is 5.43 Å². The van der Waals surface area contributed by atoms with Crippen molar-refractivity contribution in [2.24, 2.45) is 5.10 Å². The van der Waals surface area contributed by atoms with Gasteiger partial charge >= 0.3 is 0 Å². The smallest absolute Gasteiger partial charge is 0.274 e. The molecule has 1 aromatic heterocycles. The number of hydrogen-bond acceptors (Lipinski definition) is 4. The van der Waals surface area contributed by atoms with Crippen LogP contribution in [0.25, 0.3) is 5.69 Å². The molecule has 0 fully saturated rings. The molecule has 7 heteroatoms. The van der Waals surface area contributed by atoms with Gasteiger partial charge in [-0.05, 0) is 62.4 Å². The summed E-state index contributed by atoms with van der Waals surface area (Å²) in [7, 11) is 0. The van der Waals surface area contributed by atoms with E-state index in [1.54, 1.807) is 24.3 Å². The third kappa shape index (κ3) is 3.76. The minimum atomic E-state index is -0.780. The number of halogens is 1. The van der Waals surface area contributed by atoms with E-state index >= 15 is 0 Å². The average Bonchev–Trinajstić information content (AvgIpc) is 2.96. The lowest BCUT2D eigenvalue weighted by atomic mass is 10.1. The molecule has 28 heavy (non-hydrogen) atoms. The third-order valence-corrected chi connectivity index (χ3v) is 4.29. The van der Waals surface area contributed by atoms with Crippen LogP contribution in [0.5, 0.6) is 5.75 Å². The van der Waals surface area contributed by atoms with Crippen LogP contribution in [0.4, 0.5) is 4.39 Å². The number of phenols is 1. The first kappa shape index (κ1) is 18.9. The van der Waals surface area contributed by atoms with Gasteiger partial charge in [0.05, 0.1) is 23.4 Å². The number of hydrogen-bond donors (Lipinski definition) is 2. The zero-order chi connectivity index (χ0) is 20.3. The lowest BCUT2D eigenvalue weighted by molar-refractivity contribution is 0.0951. The molecule has 0 spiro atoms. The Hall–Kier alpha value is -3.92. The summed E-state index contributed by atoms with van der Waals surface area (Å²) in [6, 6.07) is 14.1. The summed E-state index contributed by atoms with van der Waals surface area (Å²) < 4.78 is 15.9. The van der Waals surface area contributed by atoms with Crippen LogP contribution in [0, 0.1) is 31.0 Å². The van der Waals surface area contributed by atoms with Crippen LogP contribution in [0.15, 0.2) is 53.6 Å². The molecule has 3 aromatic rings. The Kier molecular flexibility index (Phi) is 5.23. The second-order valence-electron chi connectivity index (χ2n) is 6.18. The van der Waals surface area contributed by atoms with E-state index in [9.17, 15) is 14.3 Å². The largest absolute Gasteiger partial charge is 0.508 e. The van der Waals surface area contributed by atoms with Gasteiger partial charge in [-0.2, -0.15) is 10.4 Å². The van der Waals surface area contributed by atoms with Crippen molar-refractivity contribution in [3.63, 3.8) is 0 Å². The van der Waals surface area contributed by atoms with E-state index in [4.69, 9.17) is 5.26 Å². The standard InChI is InChI=1S/C21H17FN4O2/c1-13-9-16(14(2)26(13)17-4-6-18(27)7-5-17)12-24-25-21(28)19-8-3-15(11-23)10-20(19)22/h3-10,12,27H,1-2H3,(H,25,28). The van der Waals surface area contributed by atoms with Gasteiger partial charge in [-0.3, -0.25) is 4.79 Å². The normalized spacial score (nSPS) is 10.8. The first-order chi connectivity index (χ1) is 13.4. The van der Waals surface area contributed by atoms with Crippen LogP contribution in [-0.2, 0) is 0 Å². The van der Waals surface area contributed by atoms with Crippen molar-refractivity contribution in [3.05, 3.63) is 82.4 Å². The van der Waals surface area contributed by atoms with E-state index in [2.05, 4.69) is 10.5 Å². The van der Waals surface area contributed by atoms with Crippen molar-refractivity contribution in [1.29, 1.82) is 5.26 Å². The molecule has 1 heterocycles. The maximum absolute atomic E-state index is 13.9. The number of carbonyl (C=O) groups excluding carboxylic acids is 1. The molecule has 0 saturated carbocycles. The molecule has 0 radical (unpaired) electrons. The van der Waals surface area contributed by atoms with E-state index in [0.29, 0.717) is 0 Å². The van der Waals surface area contributed by atoms with Crippen molar-refractivity contribution in [3.8, 4) is 17.5 Å². The maximum Gasteiger partial charge on any atom is 0.274 e. The predicted octanol–water partition coefficient (Wildman–Crippen LogP) is 3.57. The molecule has 2 N–H and O–H groups in total. The van der Waals surface area contributed by atoms with E-state index in [1.165, 1.54) is 18.3 Å². The number of nitrogens with zero attached hydrogens (tertiary/aromatic N) is 3. The van der Waals surface area contributed by atoms with Gasteiger partial charge in [0.15, 0.2) is 0 Å². The highest BCUT2D eigenvalue weighted by Crippen LogP contribution is 2.21. The summed E-state index contributed by atoms with van der Waals surface area (Å²) in [6.07, 6.45) is 1.48. The van der Waals surface area contributed by atoms with Crippen molar-refractivity contribution in [1.82, 2.24) is 9.99 Å². The molecule has 0 aliphatic heterocycles. The Morgan fingerprint density at radius 3 is 2.57 bits per heavy atom. The van der Waals surface area contributed by atoms with Gasteiger partial charge in [0.1, 0.15) is 11.6 Å². The van der Waals surface area contributed by atoms with E-state index in [0.717, 1.165) is 28.7 Å². The quantitative estimate of drug-likeness (QED) is 0.539. The summed E-state index contributed by atoms with van der Waals surface area (Å²) in [5, 5.41) is 22.1. The molecule has 0 bridgehead atoms. The molecule has 6 nitrogen and oxygen atoms in total. The van der Waals surface area contributed by atoms with Crippen LogP contribution in [0.3, 0.4) is 0 Å². The van der Waals surface area contributed by atoms with Gasteiger partial charge in [-0.1, -0.05) is 0 Å². The van der Waals surface area contributed by atoms with Crippen molar-refractivity contribution in [2.45, 2.75) is 13.8 Å². The SMILES string of the molecule is Cc1cc(C=NNC(=O)c2ccc(C#N)cc2F)c(C)n1-c1ccc(O)cc1. The first-order valence-corrected chi connectivity index (χ1v) is 8.42. The molecule has 0 aliphatic rings. The van der Waals surface area contributed by atoms with Crippen LogP contribution in [0.1, 0.15) is 32.9 Å². The summed E-state index contributed by atoms with van der Waals surface area (Å²) in [5.74, 6) is -1.30. The Morgan fingerprint density at radius 2 is 1.93 bits per heavy atom. The summed E-state index contributed by atoms with van der Waals surface area (Å²) >= 11 is 0. The van der Waals surface area contributed by atoms with Gasteiger partial charge in [-0.25, -0.2) is 9.82 Å². The van der Waals surface area contributed by atoms with E-state index in [-0.39, 0.29) is 16.9 Å². The number of aromatic hydroxyl groups is 1. The lowest BCUT2D eigenvalue weighted by Gasteiger charge is -2.09. The topological polar surface area (TPSA) is 90.4 Å². The highest BCUT2D eigenvalue weighted by atomic mass is 19.1. The molecular formula is C21H17FN4O2. The minimum absolute atomic E-state index is 0.138. The van der Waals surface area contributed by atoms with Crippen LogP contribution >= 0.6 is 0 Å². The van der Waals surface area contributed by atoms with Gasteiger partial charge in [-0.15, -0.1) is 0 Å². The lowest BCUT2D eigenvalue weighted by Crippen LogP contribution is -2.19. The highest BCUT2D eigenvalue weighted by Gasteiger charge is 2.12. The number of hydrazone groups is 1. The number of amides is 1. The van der Waals surface area contributed by atoms with Gasteiger partial charge in [0.2, 0.25) is 0 Å². The molecule has 1 amide bonds. The monoisotopic (exact) mass is 376 g/mol. The molecule has 3 rings (SSSR count). The maximum atomic E-state index is 13.9. The Morgan fingerprint density at radius 1 is 1.21 bits per heavy atom. The van der Waals surface area contributed by atoms with Crippen molar-refractivity contribution < 1.29 is 14.3 Å². The predicted molar refractivity (Wildman–Crippen MR) is 103 cm³/mol. The average molecular weight is 376 g/mol. The fourth-order valence-corrected chi connectivity index (χ4v) is 2.91. The van der Waals surface area contributed by atoms with Crippen LogP contribution in [0.2, 0.25) is 0 Å². The Labute approximate surface area is 161 Å². The molecule has 140 valence electrons. The van der Waals surface area contributed by atoms with Gasteiger partial charge in [0.25, 0.3) is 5.91 Å². The summed E-state index contributed by atoms with van der Waals surface area (Å²) in [5.41, 5.74) is 5.76. The van der Waals surface area contributed by atoms with Crippen LogP contribution in [-0.4, -0.2) is 21.8 Å². The fourth-order valence-electron chi connectivity index (χ4n) is 2.91. The Bertz CT molecular complexity index is 1110. The Balaban J connectivity index is 1.78. The molecule has 0 atom stereocenters. The number of nitrogens with one attached hydrogen (secondary N) is 1. The van der Waals surface area contributed by atoms with Crippen molar-refractivity contribution in [2.75, 3.05) is 0 Å². The number of aryl methyl sites for hydroxylation is 1. The minimum Gasteiger partial charge on any atom is -0.508 e. The second kappa shape index (κ2) is 7.76. The molecule has 0 unspecified atom stereocenters. The molecule has 2 aromatic carbocycles. The molecule has 0 saturated heterocycles. The zero-order valence-electron chi connectivity index (χ0n) is 15.3. The summed E-state index contributed by atoms with van der Waals surface area (Å²) in [6.45, 7) is 3.84. The number of carbonyl (C=O) groups is 1. The number of phenolic OH excluding ortho intramolecular Hbond substituents is 1. The molecule has 0 aliphatic carbocycles. The second-order valence-corrected chi connectivity index (χ2v) is 6.18. The number of rotatable bonds is 4. The van der Waals surface area contributed by atoms with E-state index < -0.39 is 11.7 Å². The molecular weight excluding hydrogens is 359 g/mol. The van der Waals surface area contributed by atoms with Gasteiger partial charge in [0, 0.05) is 22.6 Å². The third-order valence-electron chi connectivity index (χ3n) is 4.29. The summed E-state index contributed by atoms with van der Waals surface area (Å²) in [4.78, 5) is 12.1. The number of aromatic nitrogens is 1. The number of nitriles is 1. The van der Waals surface area contributed by atoms with E-state index in [1.807, 2.05) is 30.6 Å².